The van der Waals surface area contributed by atoms with Gasteiger partial charge in [0.1, 0.15) is 6.04 Å². The molecule has 1 N–H and O–H groups in total. The highest BCUT2D eigenvalue weighted by molar-refractivity contribution is 5.79. The first-order valence-corrected chi connectivity index (χ1v) is 5.08. The quantitative estimate of drug-likeness (QED) is 0.802. The average Bonchev–Trinajstić information content (AvgIpc) is 2.67. The topological polar surface area (TPSA) is 45.5 Å². The molecule has 0 aliphatic heterocycles. The van der Waals surface area contributed by atoms with Crippen LogP contribution in [0.1, 0.15) is 19.9 Å². The lowest BCUT2D eigenvalue weighted by atomic mass is 10.2. The van der Waals surface area contributed by atoms with Gasteiger partial charge in [0.05, 0.1) is 6.10 Å². The number of nitrogens with zero attached hydrogens (tertiary/aromatic N) is 2. The Bertz CT molecular complexity index is 306. The van der Waals surface area contributed by atoms with E-state index in [0.29, 0.717) is 6.54 Å². The fraction of sp³-hybridized carbons (Fsp3) is 0.545. The lowest BCUT2D eigenvalue weighted by molar-refractivity contribution is -0.134. The van der Waals surface area contributed by atoms with Gasteiger partial charge in [0, 0.05) is 26.0 Å². The van der Waals surface area contributed by atoms with Gasteiger partial charge in [-0.3, -0.25) is 4.79 Å². The zero-order valence-corrected chi connectivity index (χ0v) is 9.42. The van der Waals surface area contributed by atoms with Gasteiger partial charge in [-0.1, -0.05) is 0 Å². The fourth-order valence-corrected chi connectivity index (χ4v) is 1.54. The van der Waals surface area contributed by atoms with E-state index in [4.69, 9.17) is 0 Å². The molecule has 0 aliphatic rings. The second-order valence-electron chi connectivity index (χ2n) is 3.87. The zero-order chi connectivity index (χ0) is 11.4. The number of likely N-dealkylation sites (N-methyl/N-ethyl adjacent to an activating group) is 1. The highest BCUT2D eigenvalue weighted by Crippen LogP contribution is 2.09. The summed E-state index contributed by atoms with van der Waals surface area (Å²) >= 11 is 0. The van der Waals surface area contributed by atoms with Crippen LogP contribution in [0.15, 0.2) is 24.5 Å². The number of aromatic nitrogens is 1. The SMILES string of the molecule is C[C@H](C(=O)N(C)C[C@@H](C)O)n1cccc1. The number of aliphatic hydroxyl groups excluding tert-OH is 1. The van der Waals surface area contributed by atoms with E-state index in [1.807, 2.05) is 36.0 Å². The summed E-state index contributed by atoms with van der Waals surface area (Å²) in [6, 6.07) is 3.56. The van der Waals surface area contributed by atoms with E-state index in [1.54, 1.807) is 18.9 Å². The predicted octanol–water partition coefficient (Wildman–Crippen LogP) is 0.888. The molecule has 1 heterocycles. The molecule has 0 aromatic carbocycles. The summed E-state index contributed by atoms with van der Waals surface area (Å²) in [6.45, 7) is 3.88. The molecule has 0 saturated heterocycles. The molecule has 15 heavy (non-hydrogen) atoms. The summed E-state index contributed by atoms with van der Waals surface area (Å²) in [4.78, 5) is 13.4. The molecule has 0 radical (unpaired) electrons. The largest absolute Gasteiger partial charge is 0.392 e. The maximum atomic E-state index is 11.9. The molecule has 0 fully saturated rings. The fourth-order valence-electron chi connectivity index (χ4n) is 1.54. The summed E-state index contributed by atoms with van der Waals surface area (Å²) in [7, 11) is 1.70. The van der Waals surface area contributed by atoms with Crippen LogP contribution in [0.2, 0.25) is 0 Å². The van der Waals surface area contributed by atoms with Crippen molar-refractivity contribution in [3.8, 4) is 0 Å². The third kappa shape index (κ3) is 3.09. The van der Waals surface area contributed by atoms with Gasteiger partial charge in [0.15, 0.2) is 0 Å². The third-order valence-corrected chi connectivity index (χ3v) is 2.35. The Morgan fingerprint density at radius 2 is 1.93 bits per heavy atom. The molecule has 0 unspecified atom stereocenters. The van der Waals surface area contributed by atoms with Gasteiger partial charge in [-0.25, -0.2) is 0 Å². The Morgan fingerprint density at radius 3 is 2.40 bits per heavy atom. The molecule has 0 bridgehead atoms. The standard InChI is InChI=1S/C11H18N2O2/c1-9(14)8-12(3)11(15)10(2)13-6-4-5-7-13/h4-7,9-10,14H,8H2,1-3H3/t9-,10-/m1/s1. The van der Waals surface area contributed by atoms with Crippen molar-refractivity contribution in [3.05, 3.63) is 24.5 Å². The normalized spacial score (nSPS) is 14.7. The molecule has 4 heteroatoms. The molecular weight excluding hydrogens is 192 g/mol. The molecule has 1 amide bonds. The molecule has 84 valence electrons. The summed E-state index contributed by atoms with van der Waals surface area (Å²) in [6.07, 6.45) is 3.23. The van der Waals surface area contributed by atoms with Crippen LogP contribution in [0.3, 0.4) is 0 Å². The van der Waals surface area contributed by atoms with Crippen molar-refractivity contribution >= 4 is 5.91 Å². The maximum Gasteiger partial charge on any atom is 0.245 e. The first kappa shape index (κ1) is 11.8. The maximum absolute atomic E-state index is 11.9. The Balaban J connectivity index is 2.60. The Kier molecular flexibility index (Phi) is 3.91. The first-order chi connectivity index (χ1) is 7.02. The molecule has 0 saturated carbocycles. The Labute approximate surface area is 90.1 Å². The number of carbonyl (C=O) groups excluding carboxylic acids is 1. The van der Waals surface area contributed by atoms with E-state index >= 15 is 0 Å². The molecule has 0 aliphatic carbocycles. The Morgan fingerprint density at radius 1 is 1.40 bits per heavy atom. The van der Waals surface area contributed by atoms with Crippen molar-refractivity contribution in [2.45, 2.75) is 26.0 Å². The molecule has 2 atom stereocenters. The van der Waals surface area contributed by atoms with Crippen LogP contribution in [0.25, 0.3) is 0 Å². The van der Waals surface area contributed by atoms with Crippen LogP contribution in [-0.2, 0) is 4.79 Å². The lowest BCUT2D eigenvalue weighted by Gasteiger charge is -2.23. The monoisotopic (exact) mass is 210 g/mol. The Hall–Kier alpha value is -1.29. The molecular formula is C11H18N2O2. The van der Waals surface area contributed by atoms with Gasteiger partial charge < -0.3 is 14.6 Å². The number of aliphatic hydroxyl groups is 1. The number of carbonyl (C=O) groups is 1. The second kappa shape index (κ2) is 4.98. The van der Waals surface area contributed by atoms with Crippen LogP contribution < -0.4 is 0 Å². The van der Waals surface area contributed by atoms with Crippen molar-refractivity contribution < 1.29 is 9.90 Å². The van der Waals surface area contributed by atoms with Crippen LogP contribution in [0.4, 0.5) is 0 Å². The van der Waals surface area contributed by atoms with Crippen LogP contribution >= 0.6 is 0 Å². The van der Waals surface area contributed by atoms with Crippen molar-refractivity contribution in [2.75, 3.05) is 13.6 Å². The highest BCUT2D eigenvalue weighted by Gasteiger charge is 2.18. The number of hydrogen-bond donors (Lipinski definition) is 1. The van der Waals surface area contributed by atoms with Crippen molar-refractivity contribution in [1.29, 1.82) is 0 Å². The van der Waals surface area contributed by atoms with Gasteiger partial charge in [-0.2, -0.15) is 0 Å². The summed E-state index contributed by atoms with van der Waals surface area (Å²) < 4.78 is 1.85. The number of hydrogen-bond acceptors (Lipinski definition) is 2. The van der Waals surface area contributed by atoms with E-state index < -0.39 is 6.10 Å². The van der Waals surface area contributed by atoms with Crippen molar-refractivity contribution in [2.24, 2.45) is 0 Å². The average molecular weight is 210 g/mol. The predicted molar refractivity (Wildman–Crippen MR) is 58.5 cm³/mol. The van der Waals surface area contributed by atoms with Gasteiger partial charge in [0.25, 0.3) is 0 Å². The van der Waals surface area contributed by atoms with E-state index in [-0.39, 0.29) is 11.9 Å². The van der Waals surface area contributed by atoms with Crippen molar-refractivity contribution in [3.63, 3.8) is 0 Å². The minimum absolute atomic E-state index is 0.00657. The van der Waals surface area contributed by atoms with Crippen LogP contribution in [0.5, 0.6) is 0 Å². The molecule has 1 rings (SSSR count). The molecule has 0 spiro atoms. The molecule has 4 nitrogen and oxygen atoms in total. The summed E-state index contributed by atoms with van der Waals surface area (Å²) in [5.74, 6) is 0.00657. The zero-order valence-electron chi connectivity index (χ0n) is 9.42. The van der Waals surface area contributed by atoms with Gasteiger partial charge in [-0.15, -0.1) is 0 Å². The van der Waals surface area contributed by atoms with Gasteiger partial charge in [-0.05, 0) is 26.0 Å². The minimum Gasteiger partial charge on any atom is -0.392 e. The minimum atomic E-state index is -0.490. The van der Waals surface area contributed by atoms with Crippen molar-refractivity contribution in [1.82, 2.24) is 9.47 Å². The summed E-state index contributed by atoms with van der Waals surface area (Å²) in [5.41, 5.74) is 0. The molecule has 1 aromatic heterocycles. The summed E-state index contributed by atoms with van der Waals surface area (Å²) in [5, 5.41) is 9.18. The third-order valence-electron chi connectivity index (χ3n) is 2.35. The van der Waals surface area contributed by atoms with E-state index in [0.717, 1.165) is 0 Å². The lowest BCUT2D eigenvalue weighted by Crippen LogP contribution is -2.37. The first-order valence-electron chi connectivity index (χ1n) is 5.08. The number of rotatable bonds is 4. The highest BCUT2D eigenvalue weighted by atomic mass is 16.3. The van der Waals surface area contributed by atoms with Gasteiger partial charge >= 0.3 is 0 Å². The van der Waals surface area contributed by atoms with E-state index in [1.165, 1.54) is 0 Å². The van der Waals surface area contributed by atoms with E-state index in [2.05, 4.69) is 0 Å². The molecule has 1 aromatic rings. The van der Waals surface area contributed by atoms with Gasteiger partial charge in [0.2, 0.25) is 5.91 Å². The smallest absolute Gasteiger partial charge is 0.245 e. The van der Waals surface area contributed by atoms with Crippen LogP contribution in [-0.4, -0.2) is 40.2 Å². The second-order valence-corrected chi connectivity index (χ2v) is 3.87. The number of amides is 1. The van der Waals surface area contributed by atoms with Crippen LogP contribution in [0, 0.1) is 0 Å². The van der Waals surface area contributed by atoms with E-state index in [9.17, 15) is 9.90 Å².